The zero-order valence-electron chi connectivity index (χ0n) is 6.75. The van der Waals surface area contributed by atoms with Crippen LogP contribution in [0, 0.1) is 24.0 Å². The molecule has 0 unspecified atom stereocenters. The third kappa shape index (κ3) is 1.09. The zero-order chi connectivity index (χ0) is 9.30. The van der Waals surface area contributed by atoms with Crippen molar-refractivity contribution in [3.63, 3.8) is 0 Å². The number of H-pyrrole nitrogens is 1. The van der Waals surface area contributed by atoms with Crippen molar-refractivity contribution in [3.05, 3.63) is 27.1 Å². The van der Waals surface area contributed by atoms with Crippen molar-refractivity contribution in [2.45, 2.75) is 13.8 Å². The van der Waals surface area contributed by atoms with Gasteiger partial charge in [0.15, 0.2) is 6.29 Å². The Bertz CT molecular complexity index is 341. The molecule has 0 bridgehead atoms. The summed E-state index contributed by atoms with van der Waals surface area (Å²) in [6.45, 7) is 3.11. The van der Waals surface area contributed by atoms with E-state index in [1.54, 1.807) is 13.8 Å². The Labute approximate surface area is 68.5 Å². The molecule has 0 amide bonds. The number of nitrogens with one attached hydrogen (secondary N) is 1. The first kappa shape index (κ1) is 8.45. The van der Waals surface area contributed by atoms with E-state index >= 15 is 0 Å². The van der Waals surface area contributed by atoms with Crippen LogP contribution in [0.4, 0.5) is 5.69 Å². The Morgan fingerprint density at radius 2 is 2.08 bits per heavy atom. The molecule has 0 spiro atoms. The average molecular weight is 168 g/mol. The predicted octanol–water partition coefficient (Wildman–Crippen LogP) is 1.35. The second-order valence-electron chi connectivity index (χ2n) is 2.51. The van der Waals surface area contributed by atoms with Gasteiger partial charge in [-0.25, -0.2) is 0 Å². The number of nitrogens with zero attached hydrogens (tertiary/aromatic N) is 1. The molecule has 1 rings (SSSR count). The van der Waals surface area contributed by atoms with Crippen LogP contribution in [0.3, 0.4) is 0 Å². The minimum atomic E-state index is -0.492. The predicted molar refractivity (Wildman–Crippen MR) is 42.3 cm³/mol. The number of carbonyl (C=O) groups is 1. The monoisotopic (exact) mass is 168 g/mol. The van der Waals surface area contributed by atoms with Crippen molar-refractivity contribution < 1.29 is 9.72 Å². The van der Waals surface area contributed by atoms with E-state index in [0.29, 0.717) is 17.5 Å². The lowest BCUT2D eigenvalue weighted by molar-refractivity contribution is -0.385. The summed E-state index contributed by atoms with van der Waals surface area (Å²) in [6, 6.07) is 0. The number of carbonyl (C=O) groups excluding carboxylic acids is 1. The Hall–Kier alpha value is -1.65. The number of aryl methyl sites for hydroxylation is 1. The van der Waals surface area contributed by atoms with Crippen molar-refractivity contribution in [1.29, 1.82) is 0 Å². The molecule has 12 heavy (non-hydrogen) atoms. The summed E-state index contributed by atoms with van der Waals surface area (Å²) in [7, 11) is 0. The Morgan fingerprint density at radius 3 is 2.33 bits per heavy atom. The van der Waals surface area contributed by atoms with Crippen molar-refractivity contribution in [1.82, 2.24) is 4.98 Å². The summed E-state index contributed by atoms with van der Waals surface area (Å²) in [6.07, 6.45) is 0.579. The van der Waals surface area contributed by atoms with Gasteiger partial charge in [0.2, 0.25) is 0 Å². The lowest BCUT2D eigenvalue weighted by Gasteiger charge is -1.88. The maximum Gasteiger partial charge on any atom is 0.293 e. The van der Waals surface area contributed by atoms with Crippen molar-refractivity contribution in [3.8, 4) is 0 Å². The van der Waals surface area contributed by atoms with Crippen LogP contribution in [0.15, 0.2) is 0 Å². The molecule has 0 saturated carbocycles. The first-order chi connectivity index (χ1) is 5.57. The summed E-state index contributed by atoms with van der Waals surface area (Å²) < 4.78 is 0. The van der Waals surface area contributed by atoms with Crippen LogP contribution >= 0.6 is 0 Å². The summed E-state index contributed by atoms with van der Waals surface area (Å²) in [5, 5.41) is 10.4. The fourth-order valence-corrected chi connectivity index (χ4v) is 1.16. The van der Waals surface area contributed by atoms with Gasteiger partial charge in [0.25, 0.3) is 5.69 Å². The Balaban J connectivity index is 3.37. The number of nitro groups is 1. The van der Waals surface area contributed by atoms with E-state index < -0.39 is 4.92 Å². The number of rotatable bonds is 2. The van der Waals surface area contributed by atoms with Crippen LogP contribution < -0.4 is 0 Å². The normalized spacial score (nSPS) is 9.83. The van der Waals surface area contributed by atoms with Crippen LogP contribution in [0.1, 0.15) is 21.7 Å². The molecular formula is C7H8N2O3. The highest BCUT2D eigenvalue weighted by molar-refractivity contribution is 5.77. The quantitative estimate of drug-likeness (QED) is 0.411. The number of aromatic nitrogens is 1. The van der Waals surface area contributed by atoms with Crippen molar-refractivity contribution in [2.24, 2.45) is 0 Å². The molecule has 5 nitrogen and oxygen atoms in total. The van der Waals surface area contributed by atoms with Crippen LogP contribution in [0.25, 0.3) is 0 Å². The highest BCUT2D eigenvalue weighted by Crippen LogP contribution is 2.24. The van der Waals surface area contributed by atoms with E-state index in [-0.39, 0.29) is 11.4 Å². The van der Waals surface area contributed by atoms with E-state index in [4.69, 9.17) is 0 Å². The molecular weight excluding hydrogens is 160 g/mol. The third-order valence-corrected chi connectivity index (χ3v) is 1.74. The minimum Gasteiger partial charge on any atom is -0.350 e. The SMILES string of the molecule is Cc1[nH]c(C=O)c(C)c1[N+](=O)[O-]. The van der Waals surface area contributed by atoms with Gasteiger partial charge in [0, 0.05) is 0 Å². The number of hydrogen-bond donors (Lipinski definition) is 1. The van der Waals surface area contributed by atoms with Crippen LogP contribution in [-0.4, -0.2) is 16.2 Å². The molecule has 0 aliphatic heterocycles. The molecule has 0 aliphatic carbocycles. The Kier molecular flexibility index (Phi) is 1.95. The summed E-state index contributed by atoms with van der Waals surface area (Å²) in [5.41, 5.74) is 1.09. The fraction of sp³-hybridized carbons (Fsp3) is 0.286. The molecule has 0 aliphatic rings. The zero-order valence-corrected chi connectivity index (χ0v) is 6.75. The molecule has 0 radical (unpaired) electrons. The van der Waals surface area contributed by atoms with E-state index in [2.05, 4.69) is 4.98 Å². The molecule has 64 valence electrons. The van der Waals surface area contributed by atoms with E-state index in [1.165, 1.54) is 0 Å². The molecule has 0 fully saturated rings. The van der Waals surface area contributed by atoms with Crippen molar-refractivity contribution in [2.75, 3.05) is 0 Å². The molecule has 5 heteroatoms. The molecule has 0 saturated heterocycles. The largest absolute Gasteiger partial charge is 0.350 e. The third-order valence-electron chi connectivity index (χ3n) is 1.74. The second kappa shape index (κ2) is 2.77. The summed E-state index contributed by atoms with van der Waals surface area (Å²) in [4.78, 5) is 22.9. The fourth-order valence-electron chi connectivity index (χ4n) is 1.16. The van der Waals surface area contributed by atoms with Gasteiger partial charge in [-0.2, -0.15) is 0 Å². The van der Waals surface area contributed by atoms with Gasteiger partial charge in [0.05, 0.1) is 21.9 Å². The molecule has 0 atom stereocenters. The highest BCUT2D eigenvalue weighted by Gasteiger charge is 2.20. The Morgan fingerprint density at radius 1 is 1.50 bits per heavy atom. The number of aromatic amines is 1. The van der Waals surface area contributed by atoms with Crippen molar-refractivity contribution >= 4 is 12.0 Å². The van der Waals surface area contributed by atoms with Gasteiger partial charge in [-0.15, -0.1) is 0 Å². The lowest BCUT2D eigenvalue weighted by Crippen LogP contribution is -1.90. The topological polar surface area (TPSA) is 76.0 Å². The first-order valence-electron chi connectivity index (χ1n) is 3.36. The molecule has 1 aromatic heterocycles. The molecule has 1 aromatic rings. The highest BCUT2D eigenvalue weighted by atomic mass is 16.6. The first-order valence-corrected chi connectivity index (χ1v) is 3.36. The van der Waals surface area contributed by atoms with Crippen LogP contribution in [-0.2, 0) is 0 Å². The molecule has 1 heterocycles. The van der Waals surface area contributed by atoms with Gasteiger partial charge in [-0.05, 0) is 13.8 Å². The van der Waals surface area contributed by atoms with E-state index in [1.807, 2.05) is 0 Å². The van der Waals surface area contributed by atoms with Gasteiger partial charge in [-0.1, -0.05) is 0 Å². The summed E-state index contributed by atoms with van der Waals surface area (Å²) in [5.74, 6) is 0. The number of aldehydes is 1. The molecule has 1 N–H and O–H groups in total. The maximum atomic E-state index is 10.4. The second-order valence-corrected chi connectivity index (χ2v) is 2.51. The van der Waals surface area contributed by atoms with Gasteiger partial charge >= 0.3 is 0 Å². The average Bonchev–Trinajstić information content (AvgIpc) is 2.25. The van der Waals surface area contributed by atoms with Gasteiger partial charge in [-0.3, -0.25) is 14.9 Å². The van der Waals surface area contributed by atoms with Crippen LogP contribution in [0.2, 0.25) is 0 Å². The number of hydrogen-bond acceptors (Lipinski definition) is 3. The minimum absolute atomic E-state index is 0.00269. The smallest absolute Gasteiger partial charge is 0.293 e. The standard InChI is InChI=1S/C7H8N2O3/c1-4-6(3-10)8-5(2)7(4)9(11)12/h3,8H,1-2H3. The molecule has 0 aromatic carbocycles. The van der Waals surface area contributed by atoms with Crippen LogP contribution in [0.5, 0.6) is 0 Å². The maximum absolute atomic E-state index is 10.4. The van der Waals surface area contributed by atoms with Gasteiger partial charge in [0.1, 0.15) is 0 Å². The van der Waals surface area contributed by atoms with E-state index in [9.17, 15) is 14.9 Å². The van der Waals surface area contributed by atoms with E-state index in [0.717, 1.165) is 0 Å². The summed E-state index contributed by atoms with van der Waals surface area (Å²) >= 11 is 0. The van der Waals surface area contributed by atoms with Gasteiger partial charge < -0.3 is 4.98 Å². The lowest BCUT2D eigenvalue weighted by atomic mass is 10.2.